The lowest BCUT2D eigenvalue weighted by molar-refractivity contribution is -0.102. The molecule has 0 bridgehead atoms. The second-order valence-corrected chi connectivity index (χ2v) is 8.69. The van der Waals surface area contributed by atoms with E-state index in [1.807, 2.05) is 30.3 Å². The van der Waals surface area contributed by atoms with Crippen LogP contribution in [0, 0.1) is 0 Å². The Morgan fingerprint density at radius 1 is 1.06 bits per heavy atom. The minimum absolute atomic E-state index is 0.0326. The molecule has 0 aromatic heterocycles. The van der Waals surface area contributed by atoms with Crippen molar-refractivity contribution in [3.8, 4) is 22.6 Å². The second-order valence-electron chi connectivity index (χ2n) is 8.69. The smallest absolute Gasteiger partial charge is 0.168 e. The van der Waals surface area contributed by atoms with Crippen LogP contribution >= 0.6 is 0 Å². The number of nitrogens with zero attached hydrogens (tertiary/aromatic N) is 1. The van der Waals surface area contributed by atoms with Gasteiger partial charge in [0, 0.05) is 21.9 Å². The van der Waals surface area contributed by atoms with E-state index in [4.69, 9.17) is 9.47 Å². The fraction of sp³-hybridized carbons (Fsp3) is 0.214. The molecule has 3 aromatic rings. The molecule has 3 aromatic carbocycles. The van der Waals surface area contributed by atoms with Crippen LogP contribution in [0.5, 0.6) is 11.5 Å². The van der Waals surface area contributed by atoms with Gasteiger partial charge in [0.15, 0.2) is 6.29 Å². The highest BCUT2D eigenvalue weighted by Gasteiger charge is 2.43. The molecule has 0 spiro atoms. The van der Waals surface area contributed by atoms with Gasteiger partial charge in [-0.25, -0.2) is 4.99 Å². The summed E-state index contributed by atoms with van der Waals surface area (Å²) in [6.45, 7) is 0.142. The van der Waals surface area contributed by atoms with E-state index in [1.165, 1.54) is 0 Å². The number of carbonyl (C=O) groups excluding carboxylic acids is 1. The molecule has 6 heteroatoms. The summed E-state index contributed by atoms with van der Waals surface area (Å²) in [5.41, 5.74) is 4.17. The molecule has 1 heterocycles. The maximum Gasteiger partial charge on any atom is 0.168 e. The highest BCUT2D eigenvalue weighted by molar-refractivity contribution is 6.43. The molecule has 0 saturated heterocycles. The highest BCUT2D eigenvalue weighted by Crippen LogP contribution is 2.47. The van der Waals surface area contributed by atoms with Gasteiger partial charge in [-0.05, 0) is 59.9 Å². The third-order valence-corrected chi connectivity index (χ3v) is 6.72. The molecule has 1 fully saturated rings. The number of rotatable bonds is 7. The number of fused-ring (bicyclic) bond motifs is 1. The molecule has 0 unspecified atom stereocenters. The Labute approximate surface area is 197 Å². The van der Waals surface area contributed by atoms with Crippen LogP contribution < -0.4 is 19.9 Å². The van der Waals surface area contributed by atoms with Crippen molar-refractivity contribution < 1.29 is 24.5 Å². The number of carbonyl (C=O) groups is 1. The number of aliphatic hydroxyl groups excluding tert-OH is 2. The van der Waals surface area contributed by atoms with Crippen LogP contribution in [0.1, 0.15) is 24.0 Å². The fourth-order valence-electron chi connectivity index (χ4n) is 4.47. The Hall–Kier alpha value is -3.90. The van der Waals surface area contributed by atoms with E-state index in [0.29, 0.717) is 40.0 Å². The van der Waals surface area contributed by atoms with Gasteiger partial charge in [-0.2, -0.15) is 0 Å². The number of ether oxygens (including phenoxy) is 2. The second kappa shape index (κ2) is 8.47. The number of aliphatic imine (C=N–C) groups is 1. The van der Waals surface area contributed by atoms with Crippen LogP contribution in [-0.2, 0) is 10.2 Å². The Balaban J connectivity index is 1.73. The van der Waals surface area contributed by atoms with Crippen molar-refractivity contribution in [2.75, 3.05) is 20.8 Å². The molecule has 172 valence electrons. The Bertz CT molecular complexity index is 1430. The van der Waals surface area contributed by atoms with Crippen LogP contribution in [0.15, 0.2) is 59.6 Å². The van der Waals surface area contributed by atoms with E-state index in [2.05, 4.69) is 4.99 Å². The molecule has 0 amide bonds. The van der Waals surface area contributed by atoms with Crippen LogP contribution in [0.4, 0.5) is 5.69 Å². The van der Waals surface area contributed by atoms with Gasteiger partial charge in [-0.15, -0.1) is 0 Å². The summed E-state index contributed by atoms with van der Waals surface area (Å²) in [6.07, 6.45) is 4.42. The summed E-state index contributed by atoms with van der Waals surface area (Å²) in [7, 11) is 3.11. The maximum absolute atomic E-state index is 11.4. The van der Waals surface area contributed by atoms with E-state index in [0.717, 1.165) is 34.8 Å². The molecule has 34 heavy (non-hydrogen) atoms. The van der Waals surface area contributed by atoms with Crippen molar-refractivity contribution in [1.29, 1.82) is 0 Å². The van der Waals surface area contributed by atoms with Gasteiger partial charge in [0.25, 0.3) is 0 Å². The van der Waals surface area contributed by atoms with Crippen molar-refractivity contribution >= 4 is 29.5 Å². The molecule has 0 atom stereocenters. The van der Waals surface area contributed by atoms with E-state index in [-0.39, 0.29) is 17.8 Å². The molecule has 6 nitrogen and oxygen atoms in total. The summed E-state index contributed by atoms with van der Waals surface area (Å²) in [4.78, 5) is 15.7. The van der Waals surface area contributed by atoms with Crippen molar-refractivity contribution in [3.05, 3.63) is 76.2 Å². The van der Waals surface area contributed by atoms with Crippen molar-refractivity contribution in [2.45, 2.75) is 18.3 Å². The number of benzene rings is 3. The molecular formula is C28H25NO5. The Kier molecular flexibility index (Phi) is 5.46. The quantitative estimate of drug-likeness (QED) is 0.535. The minimum atomic E-state index is -0.121. The number of aliphatic hydroxyl groups is 2. The maximum atomic E-state index is 11.4. The molecule has 5 rings (SSSR count). The van der Waals surface area contributed by atoms with Crippen molar-refractivity contribution in [1.82, 2.24) is 0 Å². The molecule has 1 aliphatic heterocycles. The summed E-state index contributed by atoms with van der Waals surface area (Å²) in [5, 5.41) is 22.6. The summed E-state index contributed by atoms with van der Waals surface area (Å²) < 4.78 is 10.8. The van der Waals surface area contributed by atoms with E-state index < -0.39 is 0 Å². The van der Waals surface area contributed by atoms with Gasteiger partial charge in [-0.1, -0.05) is 24.3 Å². The molecule has 1 aliphatic carbocycles. The van der Waals surface area contributed by atoms with Gasteiger partial charge in [0.1, 0.15) is 23.0 Å². The summed E-state index contributed by atoms with van der Waals surface area (Å²) in [6, 6.07) is 17.0. The van der Waals surface area contributed by atoms with Crippen molar-refractivity contribution in [2.24, 2.45) is 4.99 Å². The third-order valence-electron chi connectivity index (χ3n) is 6.72. The van der Waals surface area contributed by atoms with Crippen LogP contribution in [-0.4, -0.2) is 43.0 Å². The fourth-order valence-corrected chi connectivity index (χ4v) is 4.47. The monoisotopic (exact) mass is 455 g/mol. The average Bonchev–Trinajstić information content (AvgIpc) is 3.59. The first-order chi connectivity index (χ1) is 16.5. The lowest BCUT2D eigenvalue weighted by atomic mass is 9.93. The standard InChI is InChI=1S/C28H25NO5/c1-33-21-7-8-22(26(13-21)34-2)27(32)24-14-25-18(11-20(15-30)29-25)12-23(24)17-3-5-19(6-4-17)28(16-31)9-10-28/h3-8,11-15,31-32H,9-10,16H2,1-2H3. The molecule has 2 N–H and O–H groups in total. The first-order valence-electron chi connectivity index (χ1n) is 11.1. The SMILES string of the molecule is COc1ccc(C(O)=c2cc3c(cc2-c2ccc(C4(CO)CC4)cc2)=CC(C=O)=N3)c(OC)c1. The van der Waals surface area contributed by atoms with Crippen LogP contribution in [0.25, 0.3) is 23.0 Å². The van der Waals surface area contributed by atoms with Gasteiger partial charge in [-0.3, -0.25) is 4.79 Å². The lowest BCUT2D eigenvalue weighted by Crippen LogP contribution is -2.16. The van der Waals surface area contributed by atoms with E-state index in [1.54, 1.807) is 44.6 Å². The zero-order valence-electron chi connectivity index (χ0n) is 19.0. The van der Waals surface area contributed by atoms with Gasteiger partial charge < -0.3 is 19.7 Å². The largest absolute Gasteiger partial charge is 0.507 e. The van der Waals surface area contributed by atoms with Crippen LogP contribution in [0.3, 0.4) is 0 Å². The van der Waals surface area contributed by atoms with E-state index >= 15 is 0 Å². The minimum Gasteiger partial charge on any atom is -0.507 e. The van der Waals surface area contributed by atoms with Gasteiger partial charge in [0.05, 0.1) is 32.1 Å². The Morgan fingerprint density at radius 3 is 2.44 bits per heavy atom. The normalized spacial score (nSPS) is 16.1. The lowest BCUT2D eigenvalue weighted by Gasteiger charge is -2.14. The van der Waals surface area contributed by atoms with E-state index in [9.17, 15) is 15.0 Å². The van der Waals surface area contributed by atoms with Gasteiger partial charge >= 0.3 is 0 Å². The zero-order valence-corrected chi connectivity index (χ0v) is 19.0. The first-order valence-corrected chi connectivity index (χ1v) is 11.1. The topological polar surface area (TPSA) is 88.3 Å². The first kappa shape index (κ1) is 21.9. The molecule has 0 radical (unpaired) electrons. The van der Waals surface area contributed by atoms with Crippen molar-refractivity contribution in [3.63, 3.8) is 0 Å². The van der Waals surface area contributed by atoms with Crippen LogP contribution in [0.2, 0.25) is 0 Å². The predicted molar refractivity (Wildman–Crippen MR) is 131 cm³/mol. The third kappa shape index (κ3) is 3.66. The van der Waals surface area contributed by atoms with Gasteiger partial charge in [0.2, 0.25) is 0 Å². The Morgan fingerprint density at radius 2 is 1.82 bits per heavy atom. The average molecular weight is 456 g/mol. The summed E-state index contributed by atoms with van der Waals surface area (Å²) in [5.74, 6) is 1.12. The number of aldehydes is 1. The summed E-state index contributed by atoms with van der Waals surface area (Å²) >= 11 is 0. The number of methoxy groups -OCH3 is 2. The molecular weight excluding hydrogens is 430 g/mol. The number of hydrogen-bond donors (Lipinski definition) is 2. The predicted octanol–water partition coefficient (Wildman–Crippen LogP) is 3.17. The molecule has 2 aliphatic rings. The highest BCUT2D eigenvalue weighted by atomic mass is 16.5. The number of hydrogen-bond acceptors (Lipinski definition) is 6. The zero-order chi connectivity index (χ0) is 23.9. The molecule has 1 saturated carbocycles.